The fourth-order valence-corrected chi connectivity index (χ4v) is 2.58. The van der Waals surface area contributed by atoms with Crippen LogP contribution < -0.4 is 0 Å². The van der Waals surface area contributed by atoms with Gasteiger partial charge in [0.1, 0.15) is 6.10 Å². The van der Waals surface area contributed by atoms with Gasteiger partial charge in [0.15, 0.2) is 0 Å². The molecule has 0 radical (unpaired) electrons. The minimum absolute atomic E-state index is 0.217. The predicted molar refractivity (Wildman–Crippen MR) is 80.9 cm³/mol. The predicted octanol–water partition coefficient (Wildman–Crippen LogP) is 4.97. The molecule has 0 saturated heterocycles. The number of oxime groups is 1. The third-order valence-electron chi connectivity index (χ3n) is 3.61. The monoisotopic (exact) mass is 279 g/mol. The number of rotatable bonds is 6. The third-order valence-corrected chi connectivity index (χ3v) is 3.93. The van der Waals surface area contributed by atoms with E-state index >= 15 is 0 Å². The van der Waals surface area contributed by atoms with Gasteiger partial charge in [-0.25, -0.2) is 0 Å². The van der Waals surface area contributed by atoms with Crippen LogP contribution in [-0.2, 0) is 4.84 Å². The summed E-state index contributed by atoms with van der Waals surface area (Å²) in [7, 11) is 0. The zero-order chi connectivity index (χ0) is 13.8. The van der Waals surface area contributed by atoms with E-state index in [0.717, 1.165) is 34.7 Å². The van der Waals surface area contributed by atoms with Gasteiger partial charge in [0, 0.05) is 5.56 Å². The summed E-state index contributed by atoms with van der Waals surface area (Å²) < 4.78 is 0. The largest absolute Gasteiger partial charge is 0.392 e. The maximum Gasteiger partial charge on any atom is 0.127 e. The Morgan fingerprint density at radius 1 is 1.47 bits per heavy atom. The molecule has 1 aromatic carbocycles. The second kappa shape index (κ2) is 6.42. The van der Waals surface area contributed by atoms with Gasteiger partial charge in [-0.05, 0) is 50.7 Å². The number of benzene rings is 1. The highest BCUT2D eigenvalue weighted by molar-refractivity contribution is 6.34. The zero-order valence-corrected chi connectivity index (χ0v) is 12.7. The van der Waals surface area contributed by atoms with Gasteiger partial charge in [0.2, 0.25) is 0 Å². The van der Waals surface area contributed by atoms with Crippen LogP contribution in [0.3, 0.4) is 0 Å². The number of hydrogen-bond acceptors (Lipinski definition) is 2. The molecule has 0 heterocycles. The quantitative estimate of drug-likeness (QED) is 0.532. The van der Waals surface area contributed by atoms with E-state index in [0.29, 0.717) is 5.92 Å². The van der Waals surface area contributed by atoms with Crippen molar-refractivity contribution in [3.8, 4) is 0 Å². The Kier molecular flexibility index (Phi) is 4.87. The maximum atomic E-state index is 6.31. The van der Waals surface area contributed by atoms with Crippen LogP contribution in [-0.4, -0.2) is 11.8 Å². The summed E-state index contributed by atoms with van der Waals surface area (Å²) in [5.41, 5.74) is 3.16. The lowest BCUT2D eigenvalue weighted by Crippen LogP contribution is -2.11. The Morgan fingerprint density at radius 3 is 2.79 bits per heavy atom. The Labute approximate surface area is 120 Å². The zero-order valence-electron chi connectivity index (χ0n) is 11.9. The van der Waals surface area contributed by atoms with Gasteiger partial charge in [0.25, 0.3) is 0 Å². The molecule has 19 heavy (non-hydrogen) atoms. The standard InChI is InChI=1S/C16H22ClNO/c1-4-6-15(18-19-12(3)13-9-10-13)16-11(2)7-5-8-14(16)17/h5,7-8,12-13H,4,6,9-10H2,1-3H3/b18-15+. The Morgan fingerprint density at radius 2 is 2.21 bits per heavy atom. The molecule has 0 aromatic heterocycles. The van der Waals surface area contributed by atoms with Crippen LogP contribution in [0.15, 0.2) is 23.4 Å². The second-order valence-electron chi connectivity index (χ2n) is 5.37. The van der Waals surface area contributed by atoms with Crippen molar-refractivity contribution >= 4 is 17.3 Å². The molecule has 0 N–H and O–H groups in total. The van der Waals surface area contributed by atoms with Gasteiger partial charge in [0.05, 0.1) is 10.7 Å². The Balaban J connectivity index is 2.20. The highest BCUT2D eigenvalue weighted by Gasteiger charge is 2.29. The summed E-state index contributed by atoms with van der Waals surface area (Å²) in [6, 6.07) is 5.95. The molecule has 1 aromatic rings. The molecule has 1 unspecified atom stereocenters. The van der Waals surface area contributed by atoms with E-state index < -0.39 is 0 Å². The van der Waals surface area contributed by atoms with Gasteiger partial charge in [-0.2, -0.15) is 0 Å². The highest BCUT2D eigenvalue weighted by Crippen LogP contribution is 2.34. The van der Waals surface area contributed by atoms with E-state index in [2.05, 4.69) is 32.0 Å². The molecule has 2 rings (SSSR count). The first-order valence-electron chi connectivity index (χ1n) is 7.11. The third kappa shape index (κ3) is 3.73. The van der Waals surface area contributed by atoms with Crippen LogP contribution >= 0.6 is 11.6 Å². The van der Waals surface area contributed by atoms with E-state index in [1.165, 1.54) is 12.8 Å². The number of halogens is 1. The van der Waals surface area contributed by atoms with Crippen LogP contribution in [0.5, 0.6) is 0 Å². The van der Waals surface area contributed by atoms with Gasteiger partial charge in [-0.1, -0.05) is 42.2 Å². The van der Waals surface area contributed by atoms with Crippen LogP contribution in [0, 0.1) is 12.8 Å². The fourth-order valence-electron chi connectivity index (χ4n) is 2.25. The van der Waals surface area contributed by atoms with Crippen molar-refractivity contribution in [2.24, 2.45) is 11.1 Å². The smallest absolute Gasteiger partial charge is 0.127 e. The first-order valence-corrected chi connectivity index (χ1v) is 7.49. The van der Waals surface area contributed by atoms with Crippen LogP contribution in [0.2, 0.25) is 5.02 Å². The summed E-state index contributed by atoms with van der Waals surface area (Å²) in [5, 5.41) is 5.16. The lowest BCUT2D eigenvalue weighted by molar-refractivity contribution is 0.0566. The molecule has 2 nitrogen and oxygen atoms in total. The molecule has 0 spiro atoms. The van der Waals surface area contributed by atoms with Crippen LogP contribution in [0.4, 0.5) is 0 Å². The minimum atomic E-state index is 0.217. The average molecular weight is 280 g/mol. The topological polar surface area (TPSA) is 21.6 Å². The van der Waals surface area contributed by atoms with Crippen LogP contribution in [0.1, 0.15) is 50.7 Å². The van der Waals surface area contributed by atoms with Crippen molar-refractivity contribution in [1.29, 1.82) is 0 Å². The van der Waals surface area contributed by atoms with Crippen molar-refractivity contribution in [3.05, 3.63) is 34.3 Å². The molecule has 1 saturated carbocycles. The molecule has 1 fully saturated rings. The van der Waals surface area contributed by atoms with Crippen LogP contribution in [0.25, 0.3) is 0 Å². The first kappa shape index (κ1) is 14.4. The SMILES string of the molecule is CCC/C(=N\OC(C)C1CC1)c1c(C)cccc1Cl. The first-order chi connectivity index (χ1) is 9.13. The van der Waals surface area contributed by atoms with Crippen molar-refractivity contribution in [1.82, 2.24) is 0 Å². The normalized spacial score (nSPS) is 17.4. The molecule has 3 heteroatoms. The Hall–Kier alpha value is -1.02. The molecule has 104 valence electrons. The van der Waals surface area contributed by atoms with Gasteiger partial charge in [-0.3, -0.25) is 0 Å². The Bertz CT molecular complexity index is 446. The molecular formula is C16H22ClNO. The summed E-state index contributed by atoms with van der Waals surface area (Å²) in [6.45, 7) is 6.31. The van der Waals surface area contributed by atoms with Crippen molar-refractivity contribution in [3.63, 3.8) is 0 Å². The molecule has 0 bridgehead atoms. The number of aryl methyl sites for hydroxylation is 1. The summed E-state index contributed by atoms with van der Waals surface area (Å²) in [5.74, 6) is 0.693. The molecule has 0 aliphatic heterocycles. The van der Waals surface area contributed by atoms with Crippen molar-refractivity contribution in [2.45, 2.75) is 52.6 Å². The van der Waals surface area contributed by atoms with E-state index in [-0.39, 0.29) is 6.10 Å². The van der Waals surface area contributed by atoms with Crippen molar-refractivity contribution in [2.75, 3.05) is 0 Å². The average Bonchev–Trinajstić information content (AvgIpc) is 3.19. The highest BCUT2D eigenvalue weighted by atomic mass is 35.5. The lowest BCUT2D eigenvalue weighted by Gasteiger charge is -2.13. The fraction of sp³-hybridized carbons (Fsp3) is 0.562. The van der Waals surface area contributed by atoms with Crippen molar-refractivity contribution < 1.29 is 4.84 Å². The summed E-state index contributed by atoms with van der Waals surface area (Å²) in [6.07, 6.45) is 4.68. The number of hydrogen-bond donors (Lipinski definition) is 0. The van der Waals surface area contributed by atoms with E-state index in [1.54, 1.807) is 0 Å². The van der Waals surface area contributed by atoms with E-state index in [4.69, 9.17) is 16.4 Å². The van der Waals surface area contributed by atoms with E-state index in [1.807, 2.05) is 12.1 Å². The van der Waals surface area contributed by atoms with E-state index in [9.17, 15) is 0 Å². The second-order valence-corrected chi connectivity index (χ2v) is 5.77. The van der Waals surface area contributed by atoms with Gasteiger partial charge in [-0.15, -0.1) is 0 Å². The molecule has 1 aliphatic rings. The lowest BCUT2D eigenvalue weighted by atomic mass is 10.0. The molecule has 1 atom stereocenters. The molecule has 1 aliphatic carbocycles. The summed E-state index contributed by atoms with van der Waals surface area (Å²) >= 11 is 6.31. The molecular weight excluding hydrogens is 258 g/mol. The molecule has 0 amide bonds. The van der Waals surface area contributed by atoms with Gasteiger partial charge >= 0.3 is 0 Å². The minimum Gasteiger partial charge on any atom is -0.392 e. The maximum absolute atomic E-state index is 6.31. The summed E-state index contributed by atoms with van der Waals surface area (Å²) in [4.78, 5) is 5.67. The van der Waals surface area contributed by atoms with Gasteiger partial charge < -0.3 is 4.84 Å². The number of nitrogens with zero attached hydrogens (tertiary/aromatic N) is 1.